The highest BCUT2D eigenvalue weighted by atomic mass is 16.6. The van der Waals surface area contributed by atoms with E-state index in [2.05, 4.69) is 0 Å². The van der Waals surface area contributed by atoms with Gasteiger partial charge in [-0.05, 0) is 48.5 Å². The molecule has 0 heterocycles. The molecule has 0 aliphatic heterocycles. The fourth-order valence-corrected chi connectivity index (χ4v) is 2.96. The lowest BCUT2D eigenvalue weighted by atomic mass is 10.2. The number of hydrogen-bond acceptors (Lipinski definition) is 5. The van der Waals surface area contributed by atoms with Crippen LogP contribution < -0.4 is 14.2 Å². The summed E-state index contributed by atoms with van der Waals surface area (Å²) in [6.07, 6.45) is 0. The highest BCUT2D eigenvalue weighted by molar-refractivity contribution is 5.92. The van der Waals surface area contributed by atoms with Crippen molar-refractivity contribution in [2.45, 2.75) is 6.61 Å². The zero-order valence-corrected chi connectivity index (χ0v) is 16.6. The Kier molecular flexibility index (Phi) is 6.26. The SMILES string of the molecule is O=C(Oc1c(CO)cccc1Oc1ccccc1)c1cccc(Oc2ccccc2)c1. The molecule has 4 aromatic carbocycles. The maximum absolute atomic E-state index is 12.9. The van der Waals surface area contributed by atoms with Crippen LogP contribution in [0.3, 0.4) is 0 Å². The smallest absolute Gasteiger partial charge is 0.343 e. The van der Waals surface area contributed by atoms with Gasteiger partial charge in [0.1, 0.15) is 17.2 Å². The summed E-state index contributed by atoms with van der Waals surface area (Å²) >= 11 is 0. The minimum absolute atomic E-state index is 0.174. The number of rotatable bonds is 7. The first-order chi connectivity index (χ1) is 15.2. The molecular weight excluding hydrogens is 392 g/mol. The molecule has 0 saturated heterocycles. The van der Waals surface area contributed by atoms with E-state index in [1.807, 2.05) is 48.5 Å². The van der Waals surface area contributed by atoms with E-state index in [9.17, 15) is 9.90 Å². The lowest BCUT2D eigenvalue weighted by molar-refractivity contribution is 0.0726. The summed E-state index contributed by atoms with van der Waals surface area (Å²) in [5, 5.41) is 9.73. The largest absolute Gasteiger partial charge is 0.457 e. The number of aliphatic hydroxyl groups excluding tert-OH is 1. The molecule has 0 atom stereocenters. The van der Waals surface area contributed by atoms with E-state index in [1.165, 1.54) is 0 Å². The summed E-state index contributed by atoms with van der Waals surface area (Å²) in [6, 6.07) is 30.3. The first-order valence-corrected chi connectivity index (χ1v) is 9.74. The molecule has 1 N–H and O–H groups in total. The van der Waals surface area contributed by atoms with Crippen LogP contribution in [0.2, 0.25) is 0 Å². The minimum Gasteiger partial charge on any atom is -0.457 e. The predicted molar refractivity (Wildman–Crippen MR) is 117 cm³/mol. The van der Waals surface area contributed by atoms with Crippen LogP contribution in [0.1, 0.15) is 15.9 Å². The fourth-order valence-electron chi connectivity index (χ4n) is 2.96. The Morgan fingerprint density at radius 1 is 0.677 bits per heavy atom. The summed E-state index contributed by atoms with van der Waals surface area (Å²) in [4.78, 5) is 12.9. The lowest BCUT2D eigenvalue weighted by Gasteiger charge is -2.14. The molecule has 5 nitrogen and oxygen atoms in total. The lowest BCUT2D eigenvalue weighted by Crippen LogP contribution is -2.11. The van der Waals surface area contributed by atoms with Crippen molar-refractivity contribution < 1.29 is 24.1 Å². The molecule has 4 aromatic rings. The van der Waals surface area contributed by atoms with Crippen molar-refractivity contribution in [1.29, 1.82) is 0 Å². The van der Waals surface area contributed by atoms with Crippen molar-refractivity contribution in [3.63, 3.8) is 0 Å². The highest BCUT2D eigenvalue weighted by Gasteiger charge is 2.17. The zero-order valence-electron chi connectivity index (χ0n) is 16.6. The van der Waals surface area contributed by atoms with E-state index < -0.39 is 5.97 Å². The normalized spacial score (nSPS) is 10.4. The van der Waals surface area contributed by atoms with Gasteiger partial charge >= 0.3 is 5.97 Å². The standard InChI is InChI=1S/C26H20O5/c27-18-20-10-8-16-24(30-22-13-5-2-6-14-22)25(20)31-26(28)19-9-7-15-23(17-19)29-21-11-3-1-4-12-21/h1-17,27H,18H2. The molecule has 0 amide bonds. The van der Waals surface area contributed by atoms with Gasteiger partial charge in [0.05, 0.1) is 12.2 Å². The molecule has 4 rings (SSSR count). The van der Waals surface area contributed by atoms with E-state index in [1.54, 1.807) is 54.6 Å². The second kappa shape index (κ2) is 9.61. The number of aliphatic hydroxyl groups is 1. The van der Waals surface area contributed by atoms with Crippen LogP contribution in [0.15, 0.2) is 103 Å². The van der Waals surface area contributed by atoms with Gasteiger partial charge in [0, 0.05) is 5.56 Å². The average molecular weight is 412 g/mol. The van der Waals surface area contributed by atoms with Gasteiger partial charge in [-0.2, -0.15) is 0 Å². The van der Waals surface area contributed by atoms with Gasteiger partial charge in [0.25, 0.3) is 0 Å². The number of ether oxygens (including phenoxy) is 3. The van der Waals surface area contributed by atoms with Crippen LogP contribution in [0, 0.1) is 0 Å². The summed E-state index contributed by atoms with van der Waals surface area (Å²) in [6.45, 7) is -0.300. The summed E-state index contributed by atoms with van der Waals surface area (Å²) in [5.41, 5.74) is 0.755. The summed E-state index contributed by atoms with van der Waals surface area (Å²) < 4.78 is 17.3. The van der Waals surface area contributed by atoms with Gasteiger partial charge in [-0.25, -0.2) is 4.79 Å². The van der Waals surface area contributed by atoms with E-state index in [0.717, 1.165) is 0 Å². The highest BCUT2D eigenvalue weighted by Crippen LogP contribution is 2.35. The van der Waals surface area contributed by atoms with Gasteiger partial charge in [-0.1, -0.05) is 54.6 Å². The third kappa shape index (κ3) is 5.10. The Balaban J connectivity index is 1.57. The van der Waals surface area contributed by atoms with Gasteiger partial charge in [-0.3, -0.25) is 0 Å². The van der Waals surface area contributed by atoms with Crippen molar-refractivity contribution >= 4 is 5.97 Å². The quantitative estimate of drug-likeness (QED) is 0.299. The van der Waals surface area contributed by atoms with Crippen LogP contribution >= 0.6 is 0 Å². The van der Waals surface area contributed by atoms with Crippen molar-refractivity contribution in [2.75, 3.05) is 0 Å². The number of hydrogen-bond donors (Lipinski definition) is 1. The van der Waals surface area contributed by atoms with E-state index >= 15 is 0 Å². The van der Waals surface area contributed by atoms with Gasteiger partial charge in [0.2, 0.25) is 0 Å². The van der Waals surface area contributed by atoms with Crippen LogP contribution in [0.5, 0.6) is 28.7 Å². The second-order valence-electron chi connectivity index (χ2n) is 6.65. The van der Waals surface area contributed by atoms with Gasteiger partial charge in [0.15, 0.2) is 11.5 Å². The van der Waals surface area contributed by atoms with Crippen molar-refractivity contribution in [2.24, 2.45) is 0 Å². The third-order valence-corrected chi connectivity index (χ3v) is 4.45. The number of carbonyl (C=O) groups excluding carboxylic acids is 1. The van der Waals surface area contributed by atoms with Crippen LogP contribution in [0.25, 0.3) is 0 Å². The van der Waals surface area contributed by atoms with Crippen molar-refractivity contribution in [3.05, 3.63) is 114 Å². The minimum atomic E-state index is -0.586. The maximum Gasteiger partial charge on any atom is 0.343 e. The van der Waals surface area contributed by atoms with Gasteiger partial charge < -0.3 is 19.3 Å². The molecule has 0 saturated carbocycles. The number of esters is 1. The Morgan fingerprint density at radius 2 is 1.29 bits per heavy atom. The first kappa shape index (κ1) is 20.2. The number of carbonyl (C=O) groups is 1. The third-order valence-electron chi connectivity index (χ3n) is 4.45. The fraction of sp³-hybridized carbons (Fsp3) is 0.0385. The molecule has 0 radical (unpaired) electrons. The maximum atomic E-state index is 12.9. The van der Waals surface area contributed by atoms with Gasteiger partial charge in [-0.15, -0.1) is 0 Å². The van der Waals surface area contributed by atoms with Crippen LogP contribution in [0.4, 0.5) is 0 Å². The molecule has 0 spiro atoms. The Bertz CT molecular complexity index is 1160. The summed E-state index contributed by atoms with van der Waals surface area (Å²) in [5.74, 6) is 1.69. The van der Waals surface area contributed by atoms with E-state index in [4.69, 9.17) is 14.2 Å². The van der Waals surface area contributed by atoms with Crippen LogP contribution in [-0.4, -0.2) is 11.1 Å². The Labute approximate surface area is 180 Å². The molecule has 0 aliphatic rings. The molecule has 31 heavy (non-hydrogen) atoms. The molecular formula is C26H20O5. The van der Waals surface area contributed by atoms with E-state index in [-0.39, 0.29) is 12.4 Å². The predicted octanol–water partition coefficient (Wildman–Crippen LogP) is 5.98. The first-order valence-electron chi connectivity index (χ1n) is 9.74. The zero-order chi connectivity index (χ0) is 21.5. The second-order valence-corrected chi connectivity index (χ2v) is 6.65. The molecule has 5 heteroatoms. The summed E-state index contributed by atoms with van der Waals surface area (Å²) in [7, 11) is 0. The Hall–Kier alpha value is -4.09. The molecule has 0 fully saturated rings. The Morgan fingerprint density at radius 3 is 1.97 bits per heavy atom. The monoisotopic (exact) mass is 412 g/mol. The molecule has 0 aliphatic carbocycles. The molecule has 0 unspecified atom stereocenters. The van der Waals surface area contributed by atoms with Crippen LogP contribution in [-0.2, 0) is 6.61 Å². The van der Waals surface area contributed by atoms with Crippen molar-refractivity contribution in [1.82, 2.24) is 0 Å². The number of para-hydroxylation sites is 3. The van der Waals surface area contributed by atoms with Crippen molar-refractivity contribution in [3.8, 4) is 28.7 Å². The van der Waals surface area contributed by atoms with E-state index in [0.29, 0.717) is 34.1 Å². The molecule has 154 valence electrons. The molecule has 0 bridgehead atoms. The number of benzene rings is 4. The average Bonchev–Trinajstić information content (AvgIpc) is 2.81. The molecule has 0 aromatic heterocycles. The topological polar surface area (TPSA) is 65.0 Å².